The molecule has 0 radical (unpaired) electrons. The van der Waals surface area contributed by atoms with Gasteiger partial charge in [-0.05, 0) is 46.5 Å². The lowest BCUT2D eigenvalue weighted by Gasteiger charge is -2.32. The Morgan fingerprint density at radius 1 is 1.26 bits per heavy atom. The summed E-state index contributed by atoms with van der Waals surface area (Å²) in [6, 6.07) is 0. The Kier molecular flexibility index (Phi) is 7.59. The number of hydrogen-bond acceptors (Lipinski definition) is 5. The maximum absolute atomic E-state index is 12.1. The highest BCUT2D eigenvalue weighted by Gasteiger charge is 2.30. The van der Waals surface area contributed by atoms with E-state index in [9.17, 15) is 4.79 Å². The lowest BCUT2D eigenvalue weighted by molar-refractivity contribution is -0.204. The van der Waals surface area contributed by atoms with Crippen LogP contribution in [-0.2, 0) is 22.6 Å². The summed E-state index contributed by atoms with van der Waals surface area (Å²) < 4.78 is 2.25. The Balaban J connectivity index is 1.97. The van der Waals surface area contributed by atoms with Crippen LogP contribution in [-0.4, -0.2) is 39.4 Å². The van der Waals surface area contributed by atoms with Gasteiger partial charge in [-0.1, -0.05) is 20.3 Å². The molecule has 0 saturated carbocycles. The summed E-state index contributed by atoms with van der Waals surface area (Å²) in [6.45, 7) is 12.2. The molecule has 2 heterocycles. The highest BCUT2D eigenvalue weighted by atomic mass is 16.7. The topological polar surface area (TPSA) is 71.2 Å². The molecular weight excluding hydrogens is 340 g/mol. The molecule has 6 nitrogen and oxygen atoms in total. The quantitative estimate of drug-likeness (QED) is 0.685. The molecule has 1 saturated heterocycles. The van der Waals surface area contributed by atoms with Crippen molar-refractivity contribution < 1.29 is 9.63 Å². The molecule has 1 aromatic rings. The lowest BCUT2D eigenvalue weighted by atomic mass is 9.96. The largest absolute Gasteiger partial charge is 0.367 e. The van der Waals surface area contributed by atoms with E-state index in [4.69, 9.17) is 15.2 Å². The van der Waals surface area contributed by atoms with Crippen molar-refractivity contribution in [3.05, 3.63) is 17.7 Å². The minimum absolute atomic E-state index is 0.176. The Morgan fingerprint density at radius 2 is 1.93 bits per heavy atom. The molecule has 0 amide bonds. The molecule has 0 unspecified atom stereocenters. The first kappa shape index (κ1) is 21.6. The summed E-state index contributed by atoms with van der Waals surface area (Å²) in [5, 5.41) is 9.86. The van der Waals surface area contributed by atoms with Gasteiger partial charge in [0.25, 0.3) is 0 Å². The summed E-state index contributed by atoms with van der Waals surface area (Å²) in [6.07, 6.45) is 7.65. The van der Waals surface area contributed by atoms with Crippen LogP contribution in [0.15, 0.2) is 6.20 Å². The molecule has 2 rings (SSSR count). The molecule has 0 aliphatic carbocycles. The molecule has 1 aliphatic heterocycles. The van der Waals surface area contributed by atoms with Crippen LogP contribution in [0.5, 0.6) is 0 Å². The van der Waals surface area contributed by atoms with Crippen molar-refractivity contribution in [3.8, 4) is 0 Å². The van der Waals surface area contributed by atoms with Crippen LogP contribution in [0.3, 0.4) is 0 Å². The van der Waals surface area contributed by atoms with Crippen molar-refractivity contribution in [1.82, 2.24) is 14.6 Å². The van der Waals surface area contributed by atoms with Crippen LogP contribution in [0.4, 0.5) is 0 Å². The first-order valence-corrected chi connectivity index (χ1v) is 10.3. The van der Waals surface area contributed by atoms with Crippen molar-refractivity contribution >= 4 is 11.7 Å². The van der Waals surface area contributed by atoms with Crippen molar-refractivity contribution in [3.63, 3.8) is 0 Å². The van der Waals surface area contributed by atoms with Crippen molar-refractivity contribution in [2.75, 3.05) is 13.1 Å². The van der Waals surface area contributed by atoms with Crippen molar-refractivity contribution in [1.29, 1.82) is 5.41 Å². The second-order valence-corrected chi connectivity index (χ2v) is 8.57. The zero-order valence-electron chi connectivity index (χ0n) is 17.7. The lowest BCUT2D eigenvalue weighted by Crippen LogP contribution is -2.38. The number of aryl methyl sites for hydroxylation is 2. The molecule has 1 aromatic heterocycles. The standard InChI is InChI=1S/C21H36N4O2/c1-6-8-17(22)11-12-24-15-18(7-2)23-19(24)16-9-13-25(14-10-16)27-20(26)21(3,4)5/h15-16,22H,6-14H2,1-5H3. The smallest absolute Gasteiger partial charge is 0.330 e. The highest BCUT2D eigenvalue weighted by molar-refractivity contribution is 5.81. The van der Waals surface area contributed by atoms with Gasteiger partial charge in [0.05, 0.1) is 11.1 Å². The van der Waals surface area contributed by atoms with E-state index in [-0.39, 0.29) is 5.97 Å². The fraction of sp³-hybridized carbons (Fsp3) is 0.762. The average Bonchev–Trinajstić information content (AvgIpc) is 3.03. The first-order chi connectivity index (χ1) is 12.7. The second kappa shape index (κ2) is 9.49. The van der Waals surface area contributed by atoms with E-state index in [0.717, 1.165) is 75.4 Å². The van der Waals surface area contributed by atoms with E-state index < -0.39 is 5.41 Å². The predicted molar refractivity (Wildman–Crippen MR) is 108 cm³/mol. The number of nitrogens with zero attached hydrogens (tertiary/aromatic N) is 3. The van der Waals surface area contributed by atoms with Crippen molar-refractivity contribution in [2.45, 2.75) is 85.6 Å². The third-order valence-electron chi connectivity index (χ3n) is 5.07. The van der Waals surface area contributed by atoms with Crippen molar-refractivity contribution in [2.24, 2.45) is 5.41 Å². The van der Waals surface area contributed by atoms with Crippen LogP contribution < -0.4 is 0 Å². The zero-order chi connectivity index (χ0) is 20.0. The van der Waals surface area contributed by atoms with E-state index in [1.165, 1.54) is 0 Å². The molecule has 0 aromatic carbocycles. The number of piperidine rings is 1. The summed E-state index contributed by atoms with van der Waals surface area (Å²) in [4.78, 5) is 22.5. The van der Waals surface area contributed by atoms with Gasteiger partial charge in [-0.3, -0.25) is 0 Å². The van der Waals surface area contributed by atoms with E-state index in [0.29, 0.717) is 5.92 Å². The molecule has 0 bridgehead atoms. The molecule has 0 spiro atoms. The van der Waals surface area contributed by atoms with Crippen LogP contribution in [0.2, 0.25) is 0 Å². The summed E-state index contributed by atoms with van der Waals surface area (Å²) in [5.74, 6) is 1.35. The van der Waals surface area contributed by atoms with Gasteiger partial charge in [0.1, 0.15) is 5.82 Å². The summed E-state index contributed by atoms with van der Waals surface area (Å²) >= 11 is 0. The number of carbonyl (C=O) groups excluding carboxylic acids is 1. The maximum atomic E-state index is 12.1. The molecule has 1 fully saturated rings. The monoisotopic (exact) mass is 376 g/mol. The SMILES string of the molecule is CCCC(=N)CCn1cc(CC)nc1C1CCN(OC(=O)C(C)(C)C)CC1. The molecule has 6 heteroatoms. The second-order valence-electron chi connectivity index (χ2n) is 8.57. The van der Waals surface area contributed by atoms with Gasteiger partial charge in [0.15, 0.2) is 0 Å². The van der Waals surface area contributed by atoms with Gasteiger partial charge < -0.3 is 14.8 Å². The van der Waals surface area contributed by atoms with Crippen LogP contribution in [0.25, 0.3) is 0 Å². The maximum Gasteiger partial charge on any atom is 0.330 e. The third kappa shape index (κ3) is 6.16. The van der Waals surface area contributed by atoms with Crippen LogP contribution in [0.1, 0.15) is 84.2 Å². The molecule has 27 heavy (non-hydrogen) atoms. The summed E-state index contributed by atoms with van der Waals surface area (Å²) in [7, 11) is 0. The van der Waals surface area contributed by atoms with Crippen LogP contribution >= 0.6 is 0 Å². The van der Waals surface area contributed by atoms with Gasteiger partial charge >= 0.3 is 5.97 Å². The van der Waals surface area contributed by atoms with Gasteiger partial charge in [-0.2, -0.15) is 0 Å². The Morgan fingerprint density at radius 3 is 2.48 bits per heavy atom. The van der Waals surface area contributed by atoms with Gasteiger partial charge in [0.2, 0.25) is 0 Å². The zero-order valence-corrected chi connectivity index (χ0v) is 17.7. The fourth-order valence-corrected chi connectivity index (χ4v) is 3.30. The van der Waals surface area contributed by atoms with Gasteiger partial charge in [-0.15, -0.1) is 5.06 Å². The number of nitrogens with one attached hydrogen (secondary N) is 1. The number of hydrogen-bond donors (Lipinski definition) is 1. The Hall–Kier alpha value is -1.69. The number of rotatable bonds is 8. The number of hydroxylamine groups is 2. The minimum atomic E-state index is -0.480. The molecule has 0 atom stereocenters. The van der Waals surface area contributed by atoms with Gasteiger partial charge in [-0.25, -0.2) is 9.78 Å². The predicted octanol–water partition coefficient (Wildman–Crippen LogP) is 4.34. The molecule has 152 valence electrons. The highest BCUT2D eigenvalue weighted by Crippen LogP contribution is 2.29. The normalized spacial score (nSPS) is 16.5. The Labute approximate surface area is 163 Å². The molecule has 1 aliphatic rings. The molecule has 1 N–H and O–H groups in total. The van der Waals surface area contributed by atoms with E-state index >= 15 is 0 Å². The number of imidazole rings is 1. The van der Waals surface area contributed by atoms with E-state index in [1.807, 2.05) is 20.8 Å². The fourth-order valence-electron chi connectivity index (χ4n) is 3.30. The first-order valence-electron chi connectivity index (χ1n) is 10.3. The van der Waals surface area contributed by atoms with E-state index in [2.05, 4.69) is 24.6 Å². The average molecular weight is 377 g/mol. The van der Waals surface area contributed by atoms with Crippen LogP contribution in [0, 0.1) is 10.8 Å². The number of carbonyl (C=O) groups is 1. The Bertz CT molecular complexity index is 637. The minimum Gasteiger partial charge on any atom is -0.367 e. The van der Waals surface area contributed by atoms with Gasteiger partial charge in [0, 0.05) is 43.9 Å². The number of aromatic nitrogens is 2. The van der Waals surface area contributed by atoms with E-state index in [1.54, 1.807) is 5.06 Å². The molecular formula is C21H36N4O2. The summed E-state index contributed by atoms with van der Waals surface area (Å²) in [5.41, 5.74) is 1.46. The third-order valence-corrected chi connectivity index (χ3v) is 5.07.